The minimum Gasteiger partial charge on any atom is -0.380 e. The molecular weight excluding hydrogens is 274 g/mol. The first-order valence-electron chi connectivity index (χ1n) is 2.77. The van der Waals surface area contributed by atoms with Crippen LogP contribution in [0.5, 0.6) is 0 Å². The van der Waals surface area contributed by atoms with E-state index in [9.17, 15) is 8.78 Å². The van der Waals surface area contributed by atoms with E-state index in [1.54, 1.807) is 6.92 Å². The summed E-state index contributed by atoms with van der Waals surface area (Å²) >= 11 is 4.99. The van der Waals surface area contributed by atoms with E-state index in [1.807, 2.05) is 0 Å². The number of ether oxygens (including phenoxy) is 1. The Balaban J connectivity index is 3.52. The van der Waals surface area contributed by atoms with Crippen LogP contribution >= 0.6 is 31.9 Å². The molecule has 0 aliphatic carbocycles. The fourth-order valence-electron chi connectivity index (χ4n) is 0.316. The third-order valence-corrected chi connectivity index (χ3v) is 2.83. The Bertz CT molecular complexity index is 94.1. The predicted molar refractivity (Wildman–Crippen MR) is 43.1 cm³/mol. The number of rotatable bonds is 4. The lowest BCUT2D eigenvalue weighted by Crippen LogP contribution is -2.25. The van der Waals surface area contributed by atoms with Crippen LogP contribution in [0.25, 0.3) is 0 Å². The Labute approximate surface area is 75.4 Å². The molecule has 0 N–H and O–H groups in total. The number of halogens is 4. The van der Waals surface area contributed by atoms with Gasteiger partial charge in [0, 0.05) is 6.61 Å². The van der Waals surface area contributed by atoms with Crippen molar-refractivity contribution in [2.45, 2.75) is 16.6 Å². The largest absolute Gasteiger partial charge is 0.380 e. The third-order valence-electron chi connectivity index (χ3n) is 0.823. The molecule has 5 heteroatoms. The van der Waals surface area contributed by atoms with E-state index >= 15 is 0 Å². The molecule has 0 bridgehead atoms. The van der Waals surface area contributed by atoms with Crippen LogP contribution in [0.15, 0.2) is 0 Å². The molecule has 62 valence electrons. The van der Waals surface area contributed by atoms with Crippen molar-refractivity contribution in [3.8, 4) is 0 Å². The second-order valence-corrected chi connectivity index (χ2v) is 3.83. The summed E-state index contributed by atoms with van der Waals surface area (Å²) in [6.45, 7) is 2.21. The average molecular weight is 282 g/mol. The first kappa shape index (κ1) is 10.8. The van der Waals surface area contributed by atoms with Gasteiger partial charge >= 0.3 is 4.83 Å². The topological polar surface area (TPSA) is 9.23 Å². The predicted octanol–water partition coefficient (Wildman–Crippen LogP) is 2.77. The summed E-state index contributed by atoms with van der Waals surface area (Å²) in [5.74, 6) is 0. The van der Waals surface area contributed by atoms with Crippen molar-refractivity contribution < 1.29 is 13.5 Å². The highest BCUT2D eigenvalue weighted by Crippen LogP contribution is 2.31. The van der Waals surface area contributed by atoms with E-state index in [1.165, 1.54) is 0 Å². The van der Waals surface area contributed by atoms with Crippen LogP contribution in [-0.4, -0.2) is 22.9 Å². The number of hydrogen-bond donors (Lipinski definition) is 0. The summed E-state index contributed by atoms with van der Waals surface area (Å²) in [5, 5.41) is 0. The second-order valence-electron chi connectivity index (χ2n) is 1.67. The Morgan fingerprint density at radius 3 is 2.40 bits per heavy atom. The molecule has 0 rings (SSSR count). The van der Waals surface area contributed by atoms with Crippen molar-refractivity contribution in [2.24, 2.45) is 0 Å². The molecule has 1 atom stereocenters. The monoisotopic (exact) mass is 280 g/mol. The maximum Gasteiger partial charge on any atom is 0.315 e. The van der Waals surface area contributed by atoms with Crippen molar-refractivity contribution in [3.05, 3.63) is 0 Å². The van der Waals surface area contributed by atoms with Crippen LogP contribution in [0.1, 0.15) is 6.92 Å². The van der Waals surface area contributed by atoms with Crippen molar-refractivity contribution in [2.75, 3.05) is 13.2 Å². The smallest absolute Gasteiger partial charge is 0.315 e. The van der Waals surface area contributed by atoms with Gasteiger partial charge in [0.05, 0.1) is 6.61 Å². The molecule has 10 heavy (non-hydrogen) atoms. The average Bonchev–Trinajstić information content (AvgIpc) is 1.80. The fraction of sp³-hybridized carbons (Fsp3) is 1.00. The van der Waals surface area contributed by atoms with Gasteiger partial charge in [0.2, 0.25) is 0 Å². The van der Waals surface area contributed by atoms with Gasteiger partial charge in [-0.05, 0) is 22.9 Å². The van der Waals surface area contributed by atoms with E-state index in [-0.39, 0.29) is 6.61 Å². The highest BCUT2D eigenvalue weighted by molar-refractivity contribution is 9.12. The lowest BCUT2D eigenvalue weighted by Gasteiger charge is -2.14. The zero-order valence-electron chi connectivity index (χ0n) is 5.41. The first-order chi connectivity index (χ1) is 4.48. The van der Waals surface area contributed by atoms with Gasteiger partial charge in [0.1, 0.15) is 4.83 Å². The zero-order valence-corrected chi connectivity index (χ0v) is 8.58. The fourth-order valence-corrected chi connectivity index (χ4v) is 0.635. The Morgan fingerprint density at radius 1 is 1.60 bits per heavy atom. The van der Waals surface area contributed by atoms with Gasteiger partial charge in [0.25, 0.3) is 0 Å². The molecule has 0 aromatic rings. The molecule has 0 aliphatic rings. The summed E-state index contributed by atoms with van der Waals surface area (Å²) in [7, 11) is 0. The SMILES string of the molecule is CCOCC(Br)C(F)(F)Br. The normalized spacial score (nSPS) is 15.3. The van der Waals surface area contributed by atoms with Gasteiger partial charge in [-0.2, -0.15) is 8.78 Å². The van der Waals surface area contributed by atoms with Crippen LogP contribution < -0.4 is 0 Å². The summed E-state index contributed by atoms with van der Waals surface area (Å²) in [4.78, 5) is -3.85. The Morgan fingerprint density at radius 2 is 2.10 bits per heavy atom. The van der Waals surface area contributed by atoms with Crippen molar-refractivity contribution in [1.29, 1.82) is 0 Å². The minimum atomic E-state index is -2.89. The van der Waals surface area contributed by atoms with E-state index in [0.717, 1.165) is 0 Å². The van der Waals surface area contributed by atoms with Gasteiger partial charge in [-0.15, -0.1) is 0 Å². The van der Waals surface area contributed by atoms with Gasteiger partial charge in [-0.25, -0.2) is 0 Å². The summed E-state index contributed by atoms with van der Waals surface area (Å²) in [6.07, 6.45) is 0. The van der Waals surface area contributed by atoms with Crippen molar-refractivity contribution in [1.82, 2.24) is 0 Å². The highest BCUT2D eigenvalue weighted by Gasteiger charge is 2.34. The van der Waals surface area contributed by atoms with Crippen molar-refractivity contribution in [3.63, 3.8) is 0 Å². The summed E-state index contributed by atoms with van der Waals surface area (Å²) < 4.78 is 29.2. The zero-order chi connectivity index (χ0) is 8.20. The van der Waals surface area contributed by atoms with Crippen LogP contribution in [0.3, 0.4) is 0 Å². The molecule has 0 radical (unpaired) electrons. The van der Waals surface area contributed by atoms with Crippen LogP contribution in [0, 0.1) is 0 Å². The molecule has 0 aromatic heterocycles. The highest BCUT2D eigenvalue weighted by atomic mass is 79.9. The van der Waals surface area contributed by atoms with Gasteiger partial charge in [0.15, 0.2) is 0 Å². The lowest BCUT2D eigenvalue weighted by molar-refractivity contribution is 0.0621. The Kier molecular flexibility index (Phi) is 4.98. The van der Waals surface area contributed by atoms with Gasteiger partial charge < -0.3 is 4.74 Å². The van der Waals surface area contributed by atoms with Gasteiger partial charge in [-0.3, -0.25) is 0 Å². The third kappa shape index (κ3) is 4.57. The van der Waals surface area contributed by atoms with E-state index in [4.69, 9.17) is 4.74 Å². The minimum absolute atomic E-state index is 0.00868. The molecule has 0 fully saturated rings. The lowest BCUT2D eigenvalue weighted by atomic mass is 10.5. The first-order valence-corrected chi connectivity index (χ1v) is 4.48. The molecule has 0 heterocycles. The maximum absolute atomic E-state index is 12.2. The number of hydrogen-bond acceptors (Lipinski definition) is 1. The molecule has 1 unspecified atom stereocenters. The van der Waals surface area contributed by atoms with Crippen LogP contribution in [-0.2, 0) is 4.74 Å². The molecule has 0 saturated carbocycles. The molecular formula is C5H8Br2F2O. The molecule has 0 amide bonds. The van der Waals surface area contributed by atoms with Crippen LogP contribution in [0.4, 0.5) is 8.78 Å². The standard InChI is InChI=1S/C5H8Br2F2O/c1-2-10-3-4(6)5(7,8)9/h4H,2-3H2,1H3. The molecule has 0 spiro atoms. The molecule has 0 aliphatic heterocycles. The quantitative estimate of drug-likeness (QED) is 0.720. The summed E-state index contributed by atoms with van der Waals surface area (Å²) in [6, 6.07) is 0. The molecule has 0 saturated heterocycles. The van der Waals surface area contributed by atoms with Gasteiger partial charge in [-0.1, -0.05) is 15.9 Å². The molecule has 0 aromatic carbocycles. The Hall–Kier alpha value is 0.780. The maximum atomic E-state index is 12.2. The number of alkyl halides is 4. The van der Waals surface area contributed by atoms with E-state index in [0.29, 0.717) is 6.61 Å². The summed E-state index contributed by atoms with van der Waals surface area (Å²) in [5.41, 5.74) is 0. The van der Waals surface area contributed by atoms with E-state index < -0.39 is 9.66 Å². The van der Waals surface area contributed by atoms with Crippen molar-refractivity contribution >= 4 is 31.9 Å². The second kappa shape index (κ2) is 4.62. The van der Waals surface area contributed by atoms with E-state index in [2.05, 4.69) is 31.9 Å². The van der Waals surface area contributed by atoms with Crippen LogP contribution in [0.2, 0.25) is 0 Å². The molecule has 1 nitrogen and oxygen atoms in total.